The van der Waals surface area contributed by atoms with E-state index in [9.17, 15) is 18.0 Å². The number of nitrogens with zero attached hydrogens (tertiary/aromatic N) is 3. The summed E-state index contributed by atoms with van der Waals surface area (Å²) in [4.78, 5) is 33.8. The molecule has 2 aromatic heterocycles. The van der Waals surface area contributed by atoms with E-state index in [1.807, 2.05) is 27.7 Å². The first-order valence-corrected chi connectivity index (χ1v) is 15.0. The highest BCUT2D eigenvalue weighted by Crippen LogP contribution is 2.33. The molecule has 1 aliphatic carbocycles. The van der Waals surface area contributed by atoms with Crippen molar-refractivity contribution in [2.45, 2.75) is 95.1 Å². The van der Waals surface area contributed by atoms with E-state index in [0.29, 0.717) is 18.4 Å². The number of hydrogen-bond acceptors (Lipinski definition) is 8. The molecule has 3 N–H and O–H groups in total. The van der Waals surface area contributed by atoms with Crippen LogP contribution in [-0.2, 0) is 19.6 Å². The van der Waals surface area contributed by atoms with Crippen LogP contribution in [0.3, 0.4) is 0 Å². The van der Waals surface area contributed by atoms with Gasteiger partial charge in [-0.3, -0.25) is 15.6 Å². The van der Waals surface area contributed by atoms with E-state index >= 15 is 0 Å². The van der Waals surface area contributed by atoms with Gasteiger partial charge in [-0.05, 0) is 71.6 Å². The van der Waals surface area contributed by atoms with Gasteiger partial charge in [-0.2, -0.15) is 0 Å². The fourth-order valence-corrected chi connectivity index (χ4v) is 6.23. The zero-order chi connectivity index (χ0) is 29.0. The van der Waals surface area contributed by atoms with Gasteiger partial charge in [0.15, 0.2) is 11.5 Å². The highest BCUT2D eigenvalue weighted by Gasteiger charge is 2.34. The van der Waals surface area contributed by atoms with E-state index in [1.165, 1.54) is 12.4 Å². The van der Waals surface area contributed by atoms with Crippen molar-refractivity contribution in [3.8, 4) is 0 Å². The Labute approximate surface area is 235 Å². The van der Waals surface area contributed by atoms with Crippen molar-refractivity contribution in [2.24, 2.45) is 0 Å². The van der Waals surface area contributed by atoms with E-state index in [4.69, 9.17) is 4.74 Å². The third-order valence-electron chi connectivity index (χ3n) is 6.90. The van der Waals surface area contributed by atoms with Crippen LogP contribution in [0.5, 0.6) is 0 Å². The standard InChI is InChI=1S/C28H38N6O5S/c1-20-10-12-21(13-11-20)40(37,38)34-18-14-22-25(34)29-19-23(30-22)32-33-24(35)9-8-17-28(15-6-5-7-16-28)31-26(36)39-27(2,3)4/h10-14,18-19H,5-9,15-17H2,1-4H3,(H,30,32)(H,31,36)(H,33,35). The Morgan fingerprint density at radius 3 is 2.45 bits per heavy atom. The molecule has 3 aromatic rings. The molecule has 2 amide bonds. The number of hydrazine groups is 1. The van der Waals surface area contributed by atoms with Gasteiger partial charge in [0.25, 0.3) is 10.0 Å². The molecule has 0 unspecified atom stereocenters. The molecule has 0 bridgehead atoms. The van der Waals surface area contributed by atoms with Crippen LogP contribution in [0.2, 0.25) is 0 Å². The second-order valence-corrected chi connectivity index (χ2v) is 13.2. The lowest BCUT2D eigenvalue weighted by Crippen LogP contribution is -2.51. The van der Waals surface area contributed by atoms with E-state index in [2.05, 4.69) is 26.1 Å². The zero-order valence-electron chi connectivity index (χ0n) is 23.5. The van der Waals surface area contributed by atoms with Gasteiger partial charge in [0.05, 0.1) is 11.1 Å². The molecule has 1 fully saturated rings. The predicted molar refractivity (Wildman–Crippen MR) is 152 cm³/mol. The van der Waals surface area contributed by atoms with Crippen molar-refractivity contribution in [2.75, 3.05) is 5.43 Å². The van der Waals surface area contributed by atoms with Crippen LogP contribution in [0.15, 0.2) is 47.6 Å². The molecule has 216 valence electrons. The minimum absolute atomic E-state index is 0.156. The third-order valence-corrected chi connectivity index (χ3v) is 8.58. The lowest BCUT2D eigenvalue weighted by Gasteiger charge is -2.38. The van der Waals surface area contributed by atoms with Crippen LogP contribution in [0, 0.1) is 6.92 Å². The molecule has 0 spiro atoms. The van der Waals surface area contributed by atoms with Crippen molar-refractivity contribution in [1.29, 1.82) is 0 Å². The number of carbonyl (C=O) groups excluding carboxylic acids is 2. The Morgan fingerprint density at radius 2 is 1.77 bits per heavy atom. The first kappa shape index (κ1) is 29.3. The van der Waals surface area contributed by atoms with Gasteiger partial charge >= 0.3 is 6.09 Å². The van der Waals surface area contributed by atoms with Crippen molar-refractivity contribution >= 4 is 39.0 Å². The van der Waals surface area contributed by atoms with Crippen LogP contribution in [0.25, 0.3) is 11.2 Å². The second kappa shape index (κ2) is 11.8. The number of amides is 2. The second-order valence-electron chi connectivity index (χ2n) is 11.4. The van der Waals surface area contributed by atoms with Crippen molar-refractivity contribution in [3.05, 3.63) is 48.3 Å². The Hall–Kier alpha value is -3.67. The highest BCUT2D eigenvalue weighted by molar-refractivity contribution is 7.90. The first-order chi connectivity index (χ1) is 18.9. The normalized spacial score (nSPS) is 15.4. The average Bonchev–Trinajstić information content (AvgIpc) is 3.31. The lowest BCUT2D eigenvalue weighted by atomic mass is 9.78. The summed E-state index contributed by atoms with van der Waals surface area (Å²) >= 11 is 0. The molecule has 0 atom stereocenters. The van der Waals surface area contributed by atoms with Crippen molar-refractivity contribution < 1.29 is 22.7 Å². The number of aromatic nitrogens is 3. The van der Waals surface area contributed by atoms with Gasteiger partial charge < -0.3 is 10.1 Å². The monoisotopic (exact) mass is 570 g/mol. The topological polar surface area (TPSA) is 144 Å². The van der Waals surface area contributed by atoms with E-state index in [1.54, 1.807) is 30.3 Å². The summed E-state index contributed by atoms with van der Waals surface area (Å²) in [6.07, 6.45) is 8.79. The number of nitrogens with one attached hydrogen (secondary N) is 3. The molecular formula is C28H38N6O5S. The smallest absolute Gasteiger partial charge is 0.408 e. The van der Waals surface area contributed by atoms with Gasteiger partial charge in [-0.25, -0.2) is 27.2 Å². The number of benzene rings is 1. The Bertz CT molecular complexity index is 1450. The Balaban J connectivity index is 1.32. The molecule has 1 saturated carbocycles. The third kappa shape index (κ3) is 7.29. The Kier molecular flexibility index (Phi) is 8.67. The zero-order valence-corrected chi connectivity index (χ0v) is 24.3. The maximum absolute atomic E-state index is 13.1. The number of fused-ring (bicyclic) bond motifs is 1. The first-order valence-electron chi connectivity index (χ1n) is 13.6. The SMILES string of the molecule is Cc1ccc(S(=O)(=O)n2ccc3nc(NNC(=O)CCCC4(NC(=O)OC(C)(C)C)CCCCC4)cnc32)cc1. The highest BCUT2D eigenvalue weighted by atomic mass is 32.2. The van der Waals surface area contributed by atoms with Crippen LogP contribution in [-0.4, -0.2) is 45.5 Å². The molecule has 1 aromatic carbocycles. The van der Waals surface area contributed by atoms with Gasteiger partial charge in [-0.15, -0.1) is 0 Å². The molecule has 1 aliphatic rings. The molecule has 0 saturated heterocycles. The van der Waals surface area contributed by atoms with Gasteiger partial charge in [0.2, 0.25) is 5.91 Å². The molecular weight excluding hydrogens is 532 g/mol. The maximum atomic E-state index is 13.1. The number of aryl methyl sites for hydroxylation is 1. The summed E-state index contributed by atoms with van der Waals surface area (Å²) < 4.78 is 32.7. The molecule has 11 nitrogen and oxygen atoms in total. The van der Waals surface area contributed by atoms with E-state index in [-0.39, 0.29) is 34.2 Å². The quantitative estimate of drug-likeness (QED) is 0.311. The summed E-state index contributed by atoms with van der Waals surface area (Å²) in [5.41, 5.74) is 5.95. The summed E-state index contributed by atoms with van der Waals surface area (Å²) in [6, 6.07) is 8.14. The minimum Gasteiger partial charge on any atom is -0.444 e. The molecule has 40 heavy (non-hydrogen) atoms. The van der Waals surface area contributed by atoms with Crippen LogP contribution >= 0.6 is 0 Å². The molecule has 0 radical (unpaired) electrons. The molecule has 0 aliphatic heterocycles. The summed E-state index contributed by atoms with van der Waals surface area (Å²) in [5.74, 6) is 0.0475. The van der Waals surface area contributed by atoms with E-state index < -0.39 is 21.7 Å². The van der Waals surface area contributed by atoms with Crippen molar-refractivity contribution in [1.82, 2.24) is 24.7 Å². The number of rotatable bonds is 9. The predicted octanol–water partition coefficient (Wildman–Crippen LogP) is 4.82. The molecule has 12 heteroatoms. The number of alkyl carbamates (subject to hydrolysis) is 1. The van der Waals surface area contributed by atoms with Gasteiger partial charge in [0.1, 0.15) is 11.1 Å². The summed E-state index contributed by atoms with van der Waals surface area (Å²) in [5, 5.41) is 3.09. The maximum Gasteiger partial charge on any atom is 0.408 e. The van der Waals surface area contributed by atoms with Crippen molar-refractivity contribution in [3.63, 3.8) is 0 Å². The average molecular weight is 571 g/mol. The fourth-order valence-electron chi connectivity index (χ4n) is 4.94. The lowest BCUT2D eigenvalue weighted by molar-refractivity contribution is -0.120. The summed E-state index contributed by atoms with van der Waals surface area (Å²) in [6.45, 7) is 7.39. The number of hydrogen-bond donors (Lipinski definition) is 3. The van der Waals surface area contributed by atoms with E-state index in [0.717, 1.165) is 41.6 Å². The number of anilines is 1. The fraction of sp³-hybridized carbons (Fsp3) is 0.500. The van der Waals surface area contributed by atoms with Crippen LogP contribution < -0.4 is 16.2 Å². The number of carbonyl (C=O) groups is 2. The number of ether oxygens (including phenoxy) is 1. The minimum atomic E-state index is -3.83. The van der Waals surface area contributed by atoms with Crippen LogP contribution in [0.4, 0.5) is 10.6 Å². The van der Waals surface area contributed by atoms with Gasteiger partial charge in [-0.1, -0.05) is 37.0 Å². The summed E-state index contributed by atoms with van der Waals surface area (Å²) in [7, 11) is -3.83. The Morgan fingerprint density at radius 1 is 1.07 bits per heavy atom. The largest absolute Gasteiger partial charge is 0.444 e. The molecule has 4 rings (SSSR count). The van der Waals surface area contributed by atoms with Crippen LogP contribution in [0.1, 0.15) is 77.7 Å². The van der Waals surface area contributed by atoms with Gasteiger partial charge in [0, 0.05) is 18.2 Å². The molecule has 2 heterocycles.